The summed E-state index contributed by atoms with van der Waals surface area (Å²) < 4.78 is 54.0. The number of aliphatic hydroxyl groups excluding tert-OH is 8. The molecule has 6 aromatic rings. The second-order valence-electron chi connectivity index (χ2n) is 31.1. The first kappa shape index (κ1) is 86.3. The van der Waals surface area contributed by atoms with Crippen LogP contribution in [0.3, 0.4) is 0 Å². The number of urea groups is 1. The van der Waals surface area contributed by atoms with Gasteiger partial charge < -0.3 is 130 Å². The zero-order valence-electron chi connectivity index (χ0n) is 65.1. The van der Waals surface area contributed by atoms with Crippen molar-refractivity contribution in [2.75, 3.05) is 77.1 Å². The third-order valence-corrected chi connectivity index (χ3v) is 23.1. The standard InChI is InChI=1S/C85H105N7O26/c93-43-63-74(117-82-72(102)69(99)75(64(44-94)114-82)118-83-73(103)70(100)76-65(115-83)46-110-80(116-76)53-13-10-14-54(41-53)91-35-37-92(38-36-91)85(109)111-45-60-58-17-6-4-15-56(58)57-16-5-7-18-59(57)60)68(98)71(101)81(113-63)112-55-28-22-47(23-29-55)24-31-66(95)88-42-48-19-26-51(27-20-48)77(104)89-62(40-49-21-25-50-11-2-3-12-52(50)39-49)78(105)86-33-8-1-9-34-87-84(108)90-61(79(106)107)30-32-67(96)97/h2-7,10-18,21-23,25,28-29,39,41,48,51,60-65,68-76,80-83,93-94,98-103H,1,8-9,19-20,24,26-27,30-38,40,42-46H2,(H,86,105)(H,88,95)(H,89,104)(H,96,97)(H,106,107)(H2,87,90,108). The molecule has 18 unspecified atom stereocenters. The van der Waals surface area contributed by atoms with E-state index in [1.54, 1.807) is 35.2 Å². The van der Waals surface area contributed by atoms with Gasteiger partial charge in [0, 0.05) is 88.2 Å². The highest BCUT2D eigenvalue weighted by molar-refractivity contribution is 5.89. The summed E-state index contributed by atoms with van der Waals surface area (Å²) in [5, 5.41) is 124. The molecule has 5 aliphatic heterocycles. The Morgan fingerprint density at radius 3 is 1.85 bits per heavy atom. The van der Waals surface area contributed by atoms with Gasteiger partial charge in [-0.15, -0.1) is 0 Å². The number of hydrogen-bond donors (Lipinski definition) is 15. The molecule has 33 heteroatoms. The monoisotopic (exact) mass is 1640 g/mol. The minimum atomic E-state index is -1.99. The summed E-state index contributed by atoms with van der Waals surface area (Å²) in [6.45, 7) is 1.22. The number of aliphatic hydroxyl groups is 8. The topological polar surface area (TPSA) is 471 Å². The molecule has 5 saturated heterocycles. The number of aryl methyl sites for hydroxylation is 1. The number of fused-ring (bicyclic) bond motifs is 5. The Hall–Kier alpha value is -9.53. The second kappa shape index (κ2) is 40.5. The lowest BCUT2D eigenvalue weighted by molar-refractivity contribution is -0.392. The van der Waals surface area contributed by atoms with E-state index in [4.69, 9.17) is 47.7 Å². The first-order valence-electron chi connectivity index (χ1n) is 40.4. The average Bonchev–Trinajstić information content (AvgIpc) is 1.43. The lowest BCUT2D eigenvalue weighted by Gasteiger charge is -2.49. The number of aliphatic carboxylic acids is 2. The molecule has 0 spiro atoms. The number of unbranched alkanes of at least 4 members (excludes halogenated alkanes) is 2. The molecule has 33 nitrogen and oxygen atoms in total. The van der Waals surface area contributed by atoms with Gasteiger partial charge in [0.1, 0.15) is 97.7 Å². The Labute approximate surface area is 680 Å². The zero-order chi connectivity index (χ0) is 83.1. The van der Waals surface area contributed by atoms with Crippen molar-refractivity contribution in [2.45, 2.75) is 193 Å². The number of carbonyl (C=O) groups is 7. The molecule has 7 aliphatic rings. The van der Waals surface area contributed by atoms with Crippen molar-refractivity contribution in [3.05, 3.63) is 167 Å². The maximum Gasteiger partial charge on any atom is 0.409 e. The van der Waals surface area contributed by atoms with Crippen molar-refractivity contribution in [1.82, 2.24) is 31.5 Å². The van der Waals surface area contributed by atoms with Crippen LogP contribution in [0.5, 0.6) is 5.75 Å². The highest BCUT2D eigenvalue weighted by Crippen LogP contribution is 2.45. The molecule has 636 valence electrons. The lowest BCUT2D eigenvalue weighted by atomic mass is 9.81. The van der Waals surface area contributed by atoms with Crippen molar-refractivity contribution in [3.8, 4) is 16.9 Å². The van der Waals surface area contributed by atoms with E-state index in [1.807, 2.05) is 84.9 Å². The highest BCUT2D eigenvalue weighted by Gasteiger charge is 2.55. The first-order chi connectivity index (χ1) is 57.1. The zero-order valence-corrected chi connectivity index (χ0v) is 65.1. The Morgan fingerprint density at radius 2 is 1.18 bits per heavy atom. The van der Waals surface area contributed by atoms with Crippen molar-refractivity contribution in [2.24, 2.45) is 11.8 Å². The molecule has 0 bridgehead atoms. The maximum absolute atomic E-state index is 13.9. The summed E-state index contributed by atoms with van der Waals surface area (Å²) in [6.07, 6.45) is -21.7. The predicted molar refractivity (Wildman–Crippen MR) is 420 cm³/mol. The molecule has 118 heavy (non-hydrogen) atoms. The SMILES string of the molecule is O=C(O)CCC(NC(=O)NCCCCCNC(=O)C(Cc1ccc2ccccc2c1)NC(=O)C1CCC(CNC(=O)CCc2ccc(OC3OC(CO)C(OC4OC(CO)C(OC5OC6COC(c7cccc(N8CCN(C(=O)OCC9c%10ccccc%10-c%10ccccc%109)CC8)c7)OC6C(O)C5O)C(O)C4O)C(O)C3O)cc2)CC1)C(=O)O. The molecule has 1 saturated carbocycles. The molecule has 15 N–H and O–H groups in total. The van der Waals surface area contributed by atoms with Crippen LogP contribution in [-0.4, -0.2) is 274 Å². The maximum atomic E-state index is 13.9. The summed E-state index contributed by atoms with van der Waals surface area (Å²) in [5.74, 6) is -3.39. The van der Waals surface area contributed by atoms with E-state index < -0.39 is 148 Å². The molecule has 6 amide bonds. The number of carboxylic acid groups (broad SMARTS) is 2. The van der Waals surface area contributed by atoms with Gasteiger partial charge in [-0.05, 0) is 132 Å². The van der Waals surface area contributed by atoms with Crippen LogP contribution in [0, 0.1) is 11.8 Å². The Kier molecular flexibility index (Phi) is 29.6. The van der Waals surface area contributed by atoms with E-state index >= 15 is 0 Å². The molecule has 6 fully saturated rings. The van der Waals surface area contributed by atoms with Gasteiger partial charge in [0.05, 0.1) is 19.8 Å². The molecule has 13 rings (SSSR count). The summed E-state index contributed by atoms with van der Waals surface area (Å²) in [5.41, 5.74) is 7.64. The summed E-state index contributed by atoms with van der Waals surface area (Å²) in [4.78, 5) is 92.7. The fraction of sp³-hybridized carbons (Fsp3) is 0.518. The van der Waals surface area contributed by atoms with Gasteiger partial charge in [0.2, 0.25) is 24.0 Å². The molecular weight excluding hydrogens is 1530 g/mol. The van der Waals surface area contributed by atoms with Crippen LogP contribution in [0.4, 0.5) is 15.3 Å². The van der Waals surface area contributed by atoms with Crippen LogP contribution in [0.2, 0.25) is 0 Å². The normalized spacial score (nSPS) is 28.1. The number of nitrogens with one attached hydrogen (secondary N) is 5. The van der Waals surface area contributed by atoms with E-state index in [9.17, 15) is 79.5 Å². The van der Waals surface area contributed by atoms with E-state index in [2.05, 4.69) is 55.7 Å². The number of hydrogen-bond acceptors (Lipinski definition) is 25. The quantitative estimate of drug-likeness (QED) is 0.0263. The minimum absolute atomic E-state index is 0.0596. The van der Waals surface area contributed by atoms with Crippen LogP contribution in [0.25, 0.3) is 21.9 Å². The van der Waals surface area contributed by atoms with E-state index in [1.165, 1.54) is 0 Å². The number of rotatable bonds is 33. The first-order valence-corrected chi connectivity index (χ1v) is 40.4. The Balaban J connectivity index is 0.510. The molecule has 18 atom stereocenters. The largest absolute Gasteiger partial charge is 0.481 e. The Bertz CT molecular complexity index is 4350. The van der Waals surface area contributed by atoms with Gasteiger partial charge in [0.15, 0.2) is 18.9 Å². The number of ether oxygens (including phenoxy) is 9. The van der Waals surface area contributed by atoms with Gasteiger partial charge in [-0.25, -0.2) is 14.4 Å². The van der Waals surface area contributed by atoms with Gasteiger partial charge in [-0.2, -0.15) is 0 Å². The van der Waals surface area contributed by atoms with Gasteiger partial charge in [-0.3, -0.25) is 19.2 Å². The molecular formula is C85H105N7O26. The summed E-state index contributed by atoms with van der Waals surface area (Å²) in [7, 11) is 0. The number of piperazine rings is 1. The number of benzene rings is 6. The lowest BCUT2D eigenvalue weighted by Crippen LogP contribution is -2.67. The number of nitrogens with zero attached hydrogens (tertiary/aromatic N) is 2. The fourth-order valence-corrected chi connectivity index (χ4v) is 16.4. The van der Waals surface area contributed by atoms with Crippen molar-refractivity contribution < 1.29 is 127 Å². The predicted octanol–water partition coefficient (Wildman–Crippen LogP) is 2.99. The summed E-state index contributed by atoms with van der Waals surface area (Å²) in [6, 6.07) is 41.1. The van der Waals surface area contributed by atoms with Gasteiger partial charge in [-0.1, -0.05) is 115 Å². The smallest absolute Gasteiger partial charge is 0.409 e. The van der Waals surface area contributed by atoms with Crippen molar-refractivity contribution in [1.29, 1.82) is 0 Å². The van der Waals surface area contributed by atoms with Crippen LogP contribution in [0.1, 0.15) is 104 Å². The third-order valence-electron chi connectivity index (χ3n) is 23.1. The number of anilines is 1. The number of amides is 6. The highest BCUT2D eigenvalue weighted by atomic mass is 16.8. The molecule has 5 heterocycles. The third kappa shape index (κ3) is 21.4. The second-order valence-corrected chi connectivity index (χ2v) is 31.1. The van der Waals surface area contributed by atoms with Gasteiger partial charge in [0.25, 0.3) is 0 Å². The van der Waals surface area contributed by atoms with E-state index in [0.29, 0.717) is 96.2 Å². The molecule has 6 aromatic carbocycles. The fourth-order valence-electron chi connectivity index (χ4n) is 16.4. The number of carbonyl (C=O) groups excluding carboxylic acids is 5. The van der Waals surface area contributed by atoms with E-state index in [-0.39, 0.29) is 86.3 Å². The molecule has 2 aliphatic carbocycles. The Morgan fingerprint density at radius 1 is 0.559 bits per heavy atom. The number of carboxylic acids is 2. The minimum Gasteiger partial charge on any atom is -0.481 e. The average molecular weight is 1640 g/mol. The van der Waals surface area contributed by atoms with Crippen LogP contribution in [0.15, 0.2) is 140 Å². The van der Waals surface area contributed by atoms with Crippen LogP contribution in [-0.2, 0) is 74.7 Å². The van der Waals surface area contributed by atoms with Crippen LogP contribution < -0.4 is 36.2 Å². The summed E-state index contributed by atoms with van der Waals surface area (Å²) >= 11 is 0. The molecule has 0 radical (unpaired) electrons. The van der Waals surface area contributed by atoms with E-state index in [0.717, 1.165) is 49.8 Å². The van der Waals surface area contributed by atoms with Crippen molar-refractivity contribution >= 4 is 58.2 Å². The van der Waals surface area contributed by atoms with Gasteiger partial charge >= 0.3 is 24.1 Å². The molecule has 0 aromatic heterocycles. The van der Waals surface area contributed by atoms with Crippen molar-refractivity contribution in [3.63, 3.8) is 0 Å². The van der Waals surface area contributed by atoms with Crippen LogP contribution >= 0.6 is 0 Å².